The van der Waals surface area contributed by atoms with E-state index in [1.807, 2.05) is 25.1 Å². The summed E-state index contributed by atoms with van der Waals surface area (Å²) in [6.07, 6.45) is 3.21. The van der Waals surface area contributed by atoms with Crippen LogP contribution in [0.2, 0.25) is 0 Å². The summed E-state index contributed by atoms with van der Waals surface area (Å²) in [4.78, 5) is 3.96. The van der Waals surface area contributed by atoms with Crippen molar-refractivity contribution in [1.29, 1.82) is 0 Å². The topological polar surface area (TPSA) is 56.7 Å². The minimum Gasteiger partial charge on any atom is -0.326 e. The summed E-state index contributed by atoms with van der Waals surface area (Å²) < 4.78 is 2.82. The quantitative estimate of drug-likeness (QED) is 0.935. The molecular weight excluding hydrogens is 268 g/mol. The SMILES string of the molecule is CC(N)C(c1cccc(Br)c1)n1cncn1. The molecule has 0 fully saturated rings. The van der Waals surface area contributed by atoms with E-state index in [0.29, 0.717) is 0 Å². The largest absolute Gasteiger partial charge is 0.326 e. The fourth-order valence-electron chi connectivity index (χ4n) is 1.75. The van der Waals surface area contributed by atoms with Gasteiger partial charge in [0, 0.05) is 10.5 Å². The van der Waals surface area contributed by atoms with E-state index in [9.17, 15) is 0 Å². The Morgan fingerprint density at radius 1 is 1.44 bits per heavy atom. The maximum absolute atomic E-state index is 6.01. The molecule has 16 heavy (non-hydrogen) atoms. The van der Waals surface area contributed by atoms with Crippen LogP contribution in [0.3, 0.4) is 0 Å². The molecule has 2 unspecified atom stereocenters. The lowest BCUT2D eigenvalue weighted by Gasteiger charge is -2.21. The predicted molar refractivity (Wildman–Crippen MR) is 66.0 cm³/mol. The van der Waals surface area contributed by atoms with Crippen LogP contribution >= 0.6 is 15.9 Å². The first-order valence-electron chi connectivity index (χ1n) is 5.03. The lowest BCUT2D eigenvalue weighted by Crippen LogP contribution is -2.30. The third-order valence-corrected chi connectivity index (χ3v) is 2.90. The molecule has 0 aliphatic carbocycles. The number of hydrogen-bond donors (Lipinski definition) is 1. The number of hydrogen-bond acceptors (Lipinski definition) is 3. The Hall–Kier alpha value is -1.20. The molecule has 0 amide bonds. The van der Waals surface area contributed by atoms with E-state index in [2.05, 4.69) is 32.1 Å². The van der Waals surface area contributed by atoms with Gasteiger partial charge in [0.1, 0.15) is 12.7 Å². The molecule has 0 spiro atoms. The van der Waals surface area contributed by atoms with Crippen molar-refractivity contribution in [1.82, 2.24) is 14.8 Å². The number of aromatic nitrogens is 3. The molecule has 0 aliphatic rings. The van der Waals surface area contributed by atoms with Crippen LogP contribution in [0.4, 0.5) is 0 Å². The molecule has 4 nitrogen and oxygen atoms in total. The highest BCUT2D eigenvalue weighted by atomic mass is 79.9. The second-order valence-corrected chi connectivity index (χ2v) is 4.65. The van der Waals surface area contributed by atoms with Crippen molar-refractivity contribution in [2.45, 2.75) is 19.0 Å². The van der Waals surface area contributed by atoms with Crippen LogP contribution in [0.25, 0.3) is 0 Å². The van der Waals surface area contributed by atoms with Gasteiger partial charge in [-0.2, -0.15) is 5.10 Å². The van der Waals surface area contributed by atoms with Gasteiger partial charge >= 0.3 is 0 Å². The smallest absolute Gasteiger partial charge is 0.137 e. The van der Waals surface area contributed by atoms with Crippen molar-refractivity contribution >= 4 is 15.9 Å². The summed E-state index contributed by atoms with van der Waals surface area (Å²) in [5, 5.41) is 4.15. The van der Waals surface area contributed by atoms with Gasteiger partial charge < -0.3 is 5.73 Å². The van der Waals surface area contributed by atoms with Gasteiger partial charge in [-0.15, -0.1) is 0 Å². The molecule has 2 aromatic rings. The van der Waals surface area contributed by atoms with Crippen molar-refractivity contribution in [2.75, 3.05) is 0 Å². The lowest BCUT2D eigenvalue weighted by atomic mass is 10.0. The summed E-state index contributed by atoms with van der Waals surface area (Å²) >= 11 is 3.46. The number of rotatable bonds is 3. The van der Waals surface area contributed by atoms with Crippen LogP contribution in [-0.4, -0.2) is 20.8 Å². The Kier molecular flexibility index (Phi) is 3.36. The van der Waals surface area contributed by atoms with Crippen molar-refractivity contribution in [3.8, 4) is 0 Å². The summed E-state index contributed by atoms with van der Waals surface area (Å²) in [6, 6.07) is 8.06. The van der Waals surface area contributed by atoms with Crippen LogP contribution in [0.1, 0.15) is 18.5 Å². The molecule has 2 N–H and O–H groups in total. The van der Waals surface area contributed by atoms with Gasteiger partial charge in [0.15, 0.2) is 0 Å². The lowest BCUT2D eigenvalue weighted by molar-refractivity contribution is 0.452. The molecular formula is C11H13BrN4. The third-order valence-electron chi connectivity index (χ3n) is 2.41. The van der Waals surface area contributed by atoms with E-state index in [1.54, 1.807) is 11.0 Å². The van der Waals surface area contributed by atoms with Crippen LogP contribution in [0, 0.1) is 0 Å². The zero-order chi connectivity index (χ0) is 11.5. The Labute approximate surface area is 103 Å². The maximum atomic E-state index is 6.01. The van der Waals surface area contributed by atoms with E-state index in [0.717, 1.165) is 10.0 Å². The standard InChI is InChI=1S/C11H13BrN4/c1-8(13)11(16-7-14-6-15-16)9-3-2-4-10(12)5-9/h2-8,11H,13H2,1H3. The van der Waals surface area contributed by atoms with Crippen LogP contribution in [0.15, 0.2) is 41.4 Å². The average Bonchev–Trinajstić information content (AvgIpc) is 2.71. The molecule has 2 rings (SSSR count). The van der Waals surface area contributed by atoms with E-state index >= 15 is 0 Å². The number of nitrogens with two attached hydrogens (primary N) is 1. The minimum absolute atomic E-state index is 0.0139. The van der Waals surface area contributed by atoms with Crippen LogP contribution < -0.4 is 5.73 Å². The first-order chi connectivity index (χ1) is 7.68. The molecule has 0 aliphatic heterocycles. The van der Waals surface area contributed by atoms with Crippen LogP contribution in [-0.2, 0) is 0 Å². The van der Waals surface area contributed by atoms with E-state index in [1.165, 1.54) is 6.33 Å². The zero-order valence-corrected chi connectivity index (χ0v) is 10.5. The highest BCUT2D eigenvalue weighted by Crippen LogP contribution is 2.22. The Morgan fingerprint density at radius 3 is 2.81 bits per heavy atom. The molecule has 0 saturated carbocycles. The van der Waals surface area contributed by atoms with Gasteiger partial charge in [-0.05, 0) is 24.6 Å². The minimum atomic E-state index is -0.0315. The molecule has 1 aromatic carbocycles. The van der Waals surface area contributed by atoms with Gasteiger partial charge in [0.05, 0.1) is 6.04 Å². The normalized spacial score (nSPS) is 14.7. The first kappa shape index (κ1) is 11.3. The van der Waals surface area contributed by atoms with Gasteiger partial charge in [-0.25, -0.2) is 9.67 Å². The molecule has 2 atom stereocenters. The van der Waals surface area contributed by atoms with E-state index in [4.69, 9.17) is 5.73 Å². The molecule has 0 bridgehead atoms. The van der Waals surface area contributed by atoms with E-state index in [-0.39, 0.29) is 12.1 Å². The fourth-order valence-corrected chi connectivity index (χ4v) is 2.17. The molecule has 84 valence electrons. The van der Waals surface area contributed by atoms with E-state index < -0.39 is 0 Å². The Bertz CT molecular complexity index is 453. The predicted octanol–water partition coefficient (Wildman–Crippen LogP) is 1.98. The van der Waals surface area contributed by atoms with Crippen molar-refractivity contribution < 1.29 is 0 Å². The maximum Gasteiger partial charge on any atom is 0.137 e. The summed E-state index contributed by atoms with van der Waals surface area (Å²) in [6.45, 7) is 1.97. The van der Waals surface area contributed by atoms with Gasteiger partial charge in [-0.3, -0.25) is 0 Å². The molecule has 0 radical (unpaired) electrons. The zero-order valence-electron chi connectivity index (χ0n) is 8.92. The number of halogens is 1. The van der Waals surface area contributed by atoms with Crippen molar-refractivity contribution in [3.63, 3.8) is 0 Å². The van der Waals surface area contributed by atoms with Crippen LogP contribution in [0.5, 0.6) is 0 Å². The Morgan fingerprint density at radius 2 is 2.25 bits per heavy atom. The molecule has 1 heterocycles. The summed E-state index contributed by atoms with van der Waals surface area (Å²) in [5.74, 6) is 0. The Balaban J connectivity index is 2.41. The molecule has 0 saturated heterocycles. The average molecular weight is 281 g/mol. The second kappa shape index (κ2) is 4.76. The molecule has 1 aromatic heterocycles. The van der Waals surface area contributed by atoms with Gasteiger partial charge in [0.25, 0.3) is 0 Å². The number of benzene rings is 1. The highest BCUT2D eigenvalue weighted by molar-refractivity contribution is 9.10. The highest BCUT2D eigenvalue weighted by Gasteiger charge is 2.18. The molecule has 5 heteroatoms. The third kappa shape index (κ3) is 2.31. The number of nitrogens with zero attached hydrogens (tertiary/aromatic N) is 3. The van der Waals surface area contributed by atoms with Crippen molar-refractivity contribution in [3.05, 3.63) is 47.0 Å². The fraction of sp³-hybridized carbons (Fsp3) is 0.273. The first-order valence-corrected chi connectivity index (χ1v) is 5.83. The summed E-state index contributed by atoms with van der Waals surface area (Å²) in [7, 11) is 0. The van der Waals surface area contributed by atoms with Gasteiger partial charge in [0.2, 0.25) is 0 Å². The van der Waals surface area contributed by atoms with Crippen molar-refractivity contribution in [2.24, 2.45) is 5.73 Å². The monoisotopic (exact) mass is 280 g/mol. The van der Waals surface area contributed by atoms with Gasteiger partial charge in [-0.1, -0.05) is 28.1 Å². The second-order valence-electron chi connectivity index (χ2n) is 3.73. The summed E-state index contributed by atoms with van der Waals surface area (Å²) in [5.41, 5.74) is 7.13.